The zero-order valence-electron chi connectivity index (χ0n) is 15.9. The zero-order valence-corrected chi connectivity index (χ0v) is 17.6. The quantitative estimate of drug-likeness (QED) is 0.490. The summed E-state index contributed by atoms with van der Waals surface area (Å²) >= 11 is 3.12. The van der Waals surface area contributed by atoms with Gasteiger partial charge in [0.1, 0.15) is 11.4 Å². The maximum atomic E-state index is 13.2. The first kappa shape index (κ1) is 18.3. The molecule has 4 heterocycles. The van der Waals surface area contributed by atoms with Gasteiger partial charge in [0.25, 0.3) is 5.56 Å². The third kappa shape index (κ3) is 3.20. The number of anilines is 1. The predicted molar refractivity (Wildman–Crippen MR) is 119 cm³/mol. The molecule has 7 heteroatoms. The lowest BCUT2D eigenvalue weighted by molar-refractivity contribution is -0.119. The molecule has 1 aromatic carbocycles. The van der Waals surface area contributed by atoms with Crippen molar-refractivity contribution >= 4 is 44.5 Å². The zero-order chi connectivity index (χ0) is 20.0. The Labute approximate surface area is 175 Å². The third-order valence-electron chi connectivity index (χ3n) is 5.28. The number of benzene rings is 1. The van der Waals surface area contributed by atoms with Crippen molar-refractivity contribution in [2.24, 2.45) is 0 Å². The van der Waals surface area contributed by atoms with Crippen LogP contribution in [0.5, 0.6) is 0 Å². The van der Waals surface area contributed by atoms with Gasteiger partial charge in [-0.2, -0.15) is 0 Å². The summed E-state index contributed by atoms with van der Waals surface area (Å²) in [6.45, 7) is 2.72. The molecule has 0 spiro atoms. The number of nitrogens with zero attached hydrogens (tertiary/aromatic N) is 3. The van der Waals surface area contributed by atoms with E-state index in [9.17, 15) is 9.59 Å². The van der Waals surface area contributed by atoms with E-state index in [0.717, 1.165) is 29.0 Å². The van der Waals surface area contributed by atoms with Gasteiger partial charge in [0.05, 0.1) is 11.7 Å². The molecule has 0 aliphatic carbocycles. The molecule has 0 atom stereocenters. The van der Waals surface area contributed by atoms with Crippen LogP contribution < -0.4 is 10.5 Å². The molecule has 0 saturated carbocycles. The molecule has 1 aliphatic rings. The molecule has 5 nitrogen and oxygen atoms in total. The molecule has 0 radical (unpaired) electrons. The average molecular weight is 422 g/mol. The minimum Gasteiger partial charge on any atom is -0.311 e. The number of aromatic nitrogens is 2. The Morgan fingerprint density at radius 1 is 1.21 bits per heavy atom. The highest BCUT2D eigenvalue weighted by Gasteiger charge is 2.23. The van der Waals surface area contributed by atoms with Gasteiger partial charge in [0, 0.05) is 32.9 Å². The Balaban J connectivity index is 1.51. The van der Waals surface area contributed by atoms with Gasteiger partial charge in [0.2, 0.25) is 5.91 Å². The summed E-state index contributed by atoms with van der Waals surface area (Å²) in [4.78, 5) is 35.5. The van der Waals surface area contributed by atoms with Crippen LogP contribution in [-0.4, -0.2) is 22.0 Å². The largest absolute Gasteiger partial charge is 0.311 e. The highest BCUT2D eigenvalue weighted by molar-refractivity contribution is 7.19. The molecule has 1 aliphatic heterocycles. The van der Waals surface area contributed by atoms with Crippen molar-refractivity contribution in [2.45, 2.75) is 26.3 Å². The van der Waals surface area contributed by atoms with E-state index in [4.69, 9.17) is 0 Å². The van der Waals surface area contributed by atoms with E-state index in [0.29, 0.717) is 16.8 Å². The molecule has 0 fully saturated rings. The van der Waals surface area contributed by atoms with Crippen LogP contribution in [0.2, 0.25) is 0 Å². The first-order valence-corrected chi connectivity index (χ1v) is 11.2. The summed E-state index contributed by atoms with van der Waals surface area (Å²) in [5.41, 5.74) is 2.89. The fourth-order valence-corrected chi connectivity index (χ4v) is 5.73. The lowest BCUT2D eigenvalue weighted by Gasteiger charge is -2.29. The summed E-state index contributed by atoms with van der Waals surface area (Å²) in [7, 11) is 0. The van der Waals surface area contributed by atoms with Gasteiger partial charge in [-0.1, -0.05) is 18.2 Å². The maximum absolute atomic E-state index is 13.2. The van der Waals surface area contributed by atoms with Gasteiger partial charge < -0.3 is 4.90 Å². The average Bonchev–Trinajstić information content (AvgIpc) is 3.36. The summed E-state index contributed by atoms with van der Waals surface area (Å²) in [6.07, 6.45) is 3.41. The number of hydrogen-bond acceptors (Lipinski definition) is 5. The van der Waals surface area contributed by atoms with E-state index in [1.165, 1.54) is 32.7 Å². The van der Waals surface area contributed by atoms with Gasteiger partial charge in [-0.15, -0.1) is 22.7 Å². The Morgan fingerprint density at radius 3 is 2.90 bits per heavy atom. The second-order valence-corrected chi connectivity index (χ2v) is 9.34. The van der Waals surface area contributed by atoms with Crippen molar-refractivity contribution in [2.75, 3.05) is 11.4 Å². The number of amides is 1. The summed E-state index contributed by atoms with van der Waals surface area (Å²) in [6, 6.07) is 12.1. The molecule has 29 heavy (non-hydrogen) atoms. The number of carbonyl (C=O) groups is 1. The van der Waals surface area contributed by atoms with Gasteiger partial charge in [0.15, 0.2) is 0 Å². The van der Waals surface area contributed by atoms with Crippen LogP contribution >= 0.6 is 22.7 Å². The van der Waals surface area contributed by atoms with Crippen molar-refractivity contribution in [3.05, 3.63) is 68.9 Å². The summed E-state index contributed by atoms with van der Waals surface area (Å²) < 4.78 is 1.44. The molecule has 1 amide bonds. The minimum absolute atomic E-state index is 0.00510. The minimum atomic E-state index is -0.157. The first-order chi connectivity index (χ1) is 14.1. The monoisotopic (exact) mass is 421 g/mol. The number of thiophene rings is 2. The van der Waals surface area contributed by atoms with Crippen LogP contribution in [0.25, 0.3) is 20.7 Å². The Hall–Kier alpha value is -2.77. The normalized spacial score (nSPS) is 13.6. The fraction of sp³-hybridized carbons (Fsp3) is 0.227. The molecular formula is C22H19N3O2S2. The molecule has 0 unspecified atom stereocenters. The van der Waals surface area contributed by atoms with Gasteiger partial charge in [-0.3, -0.25) is 14.2 Å². The van der Waals surface area contributed by atoms with Crippen LogP contribution in [0.1, 0.15) is 16.9 Å². The van der Waals surface area contributed by atoms with Crippen LogP contribution in [0.4, 0.5) is 5.69 Å². The number of hydrogen-bond donors (Lipinski definition) is 0. The van der Waals surface area contributed by atoms with Gasteiger partial charge >= 0.3 is 0 Å². The van der Waals surface area contributed by atoms with Crippen LogP contribution in [0, 0.1) is 6.92 Å². The lowest BCUT2D eigenvalue weighted by atomic mass is 10.0. The topological polar surface area (TPSA) is 55.2 Å². The molecule has 0 saturated heterocycles. The van der Waals surface area contributed by atoms with E-state index in [-0.39, 0.29) is 18.0 Å². The van der Waals surface area contributed by atoms with Crippen molar-refractivity contribution in [1.29, 1.82) is 0 Å². The van der Waals surface area contributed by atoms with Gasteiger partial charge in [-0.25, -0.2) is 4.98 Å². The van der Waals surface area contributed by atoms with Crippen molar-refractivity contribution in [1.82, 2.24) is 9.55 Å². The van der Waals surface area contributed by atoms with Crippen molar-refractivity contribution in [3.63, 3.8) is 0 Å². The summed E-state index contributed by atoms with van der Waals surface area (Å²) in [5.74, 6) is -0.0795. The number of aryl methyl sites for hydroxylation is 2. The standard InChI is InChI=1S/C22H19N3O2S2/c1-14-8-9-18(29-14)16-12-28-21-20(16)22(27)24(13-23-21)11-19(26)25-10-4-6-15-5-2-3-7-17(15)25/h2-3,5,7-9,12-13H,4,6,10-11H2,1H3. The second-order valence-electron chi connectivity index (χ2n) is 7.20. The smallest absolute Gasteiger partial charge is 0.263 e. The molecule has 146 valence electrons. The van der Waals surface area contributed by atoms with Crippen molar-refractivity contribution < 1.29 is 4.79 Å². The number of rotatable bonds is 3. The van der Waals surface area contributed by atoms with E-state index < -0.39 is 0 Å². The van der Waals surface area contributed by atoms with Crippen LogP contribution in [-0.2, 0) is 17.8 Å². The van der Waals surface area contributed by atoms with E-state index >= 15 is 0 Å². The molecular weight excluding hydrogens is 402 g/mol. The molecule has 4 aromatic rings. The number of carbonyl (C=O) groups excluding carboxylic acids is 1. The van der Waals surface area contributed by atoms with E-state index in [1.807, 2.05) is 36.6 Å². The third-order valence-corrected chi connectivity index (χ3v) is 7.20. The number of fused-ring (bicyclic) bond motifs is 2. The van der Waals surface area contributed by atoms with E-state index in [1.54, 1.807) is 16.2 Å². The maximum Gasteiger partial charge on any atom is 0.263 e. The van der Waals surface area contributed by atoms with Gasteiger partial charge in [-0.05, 0) is 43.5 Å². The molecule has 0 N–H and O–H groups in total. The molecule has 5 rings (SSSR count). The highest BCUT2D eigenvalue weighted by Crippen LogP contribution is 2.35. The molecule has 3 aromatic heterocycles. The summed E-state index contributed by atoms with van der Waals surface area (Å²) in [5, 5.41) is 2.59. The Morgan fingerprint density at radius 2 is 2.07 bits per heavy atom. The first-order valence-electron chi connectivity index (χ1n) is 9.53. The fourth-order valence-electron chi connectivity index (χ4n) is 3.86. The lowest BCUT2D eigenvalue weighted by Crippen LogP contribution is -2.39. The van der Waals surface area contributed by atoms with E-state index in [2.05, 4.69) is 17.1 Å². The highest BCUT2D eigenvalue weighted by atomic mass is 32.1. The Kier molecular flexibility index (Phi) is 4.56. The second kappa shape index (κ2) is 7.24. The van der Waals surface area contributed by atoms with Crippen LogP contribution in [0.3, 0.4) is 0 Å². The van der Waals surface area contributed by atoms with Crippen LogP contribution in [0.15, 0.2) is 52.9 Å². The predicted octanol–water partition coefficient (Wildman–Crippen LogP) is 4.47. The van der Waals surface area contributed by atoms with Crippen molar-refractivity contribution in [3.8, 4) is 10.4 Å². The molecule has 0 bridgehead atoms. The SMILES string of the molecule is Cc1ccc(-c2csc3ncn(CC(=O)N4CCCc5ccccc54)c(=O)c23)s1. The number of para-hydroxylation sites is 1. The Bertz CT molecular complexity index is 1280.